The molecule has 0 aromatic heterocycles. The Labute approximate surface area is 124 Å². The van der Waals surface area contributed by atoms with Crippen molar-refractivity contribution in [1.82, 2.24) is 4.90 Å². The second-order valence-electron chi connectivity index (χ2n) is 4.19. The molecule has 0 spiro atoms. The van der Waals surface area contributed by atoms with Crippen LogP contribution in [0.4, 0.5) is 13.2 Å². The second-order valence-corrected chi connectivity index (χ2v) is 4.19. The molecule has 1 amide bonds. The smallest absolute Gasteiger partial charge is 0.480 e. The molecule has 1 rings (SSSR count). The van der Waals surface area contributed by atoms with Crippen molar-refractivity contribution in [2.75, 3.05) is 26.8 Å². The fourth-order valence-corrected chi connectivity index (χ4v) is 1.60. The lowest BCUT2D eigenvalue weighted by Crippen LogP contribution is -2.38. The Morgan fingerprint density at radius 3 is 2.27 bits per heavy atom. The summed E-state index contributed by atoms with van der Waals surface area (Å²) in [5, 5.41) is 8.77. The Hall–Kier alpha value is -2.29. The quantitative estimate of drug-likeness (QED) is 0.828. The molecule has 22 heavy (non-hydrogen) atoms. The van der Waals surface area contributed by atoms with Gasteiger partial charge in [0.25, 0.3) is 5.91 Å². The molecule has 0 saturated heterocycles. The first-order valence-corrected chi connectivity index (χ1v) is 6.08. The molecule has 0 bridgehead atoms. The highest BCUT2D eigenvalue weighted by Gasteiger charge is 2.31. The maximum absolute atomic E-state index is 12.1. The summed E-state index contributed by atoms with van der Waals surface area (Å²) < 4.78 is 44.6. The predicted molar refractivity (Wildman–Crippen MR) is 68.5 cm³/mol. The van der Waals surface area contributed by atoms with E-state index in [0.717, 1.165) is 29.2 Å². The molecular weight excluding hydrogens is 307 g/mol. The number of hydrogen-bond donors (Lipinski definition) is 1. The van der Waals surface area contributed by atoms with Gasteiger partial charge in [-0.25, -0.2) is 0 Å². The topological polar surface area (TPSA) is 76.1 Å². The standard InChI is InChI=1S/C13H14F3NO5/c1-21-7-6-17(8-11(18)19)12(20)9-2-4-10(5-3-9)22-13(14,15)16/h2-5H,6-8H2,1H3,(H,18,19). The van der Waals surface area contributed by atoms with Crippen molar-refractivity contribution in [2.45, 2.75) is 6.36 Å². The number of amides is 1. The van der Waals surface area contributed by atoms with Gasteiger partial charge in [-0.3, -0.25) is 9.59 Å². The van der Waals surface area contributed by atoms with Gasteiger partial charge in [0.15, 0.2) is 0 Å². The lowest BCUT2D eigenvalue weighted by atomic mass is 10.2. The van der Waals surface area contributed by atoms with Gasteiger partial charge < -0.3 is 19.5 Å². The van der Waals surface area contributed by atoms with E-state index >= 15 is 0 Å². The van der Waals surface area contributed by atoms with Gasteiger partial charge in [-0.05, 0) is 24.3 Å². The van der Waals surface area contributed by atoms with E-state index in [2.05, 4.69) is 4.74 Å². The minimum absolute atomic E-state index is 0.0441. The first kappa shape index (κ1) is 17.8. The Morgan fingerprint density at radius 1 is 1.23 bits per heavy atom. The van der Waals surface area contributed by atoms with Crippen molar-refractivity contribution in [3.63, 3.8) is 0 Å². The van der Waals surface area contributed by atoms with E-state index in [0.29, 0.717) is 0 Å². The van der Waals surface area contributed by atoms with E-state index in [1.54, 1.807) is 0 Å². The largest absolute Gasteiger partial charge is 0.573 e. The number of aliphatic carboxylic acids is 1. The van der Waals surface area contributed by atoms with Gasteiger partial charge in [0, 0.05) is 19.2 Å². The van der Waals surface area contributed by atoms with Crippen LogP contribution in [-0.2, 0) is 9.53 Å². The maximum atomic E-state index is 12.1. The van der Waals surface area contributed by atoms with Gasteiger partial charge in [0.2, 0.25) is 0 Å². The predicted octanol–water partition coefficient (Wildman–Crippen LogP) is 1.76. The minimum Gasteiger partial charge on any atom is -0.480 e. The molecule has 0 aliphatic carbocycles. The lowest BCUT2D eigenvalue weighted by molar-refractivity contribution is -0.274. The minimum atomic E-state index is -4.82. The SMILES string of the molecule is COCCN(CC(=O)O)C(=O)c1ccc(OC(F)(F)F)cc1. The zero-order chi connectivity index (χ0) is 16.8. The monoisotopic (exact) mass is 321 g/mol. The number of hydrogen-bond acceptors (Lipinski definition) is 4. The first-order valence-electron chi connectivity index (χ1n) is 6.08. The van der Waals surface area contributed by atoms with Crippen molar-refractivity contribution in [1.29, 1.82) is 0 Å². The number of carbonyl (C=O) groups excluding carboxylic acids is 1. The zero-order valence-corrected chi connectivity index (χ0v) is 11.6. The number of benzene rings is 1. The van der Waals surface area contributed by atoms with Crippen molar-refractivity contribution in [3.05, 3.63) is 29.8 Å². The van der Waals surface area contributed by atoms with E-state index in [4.69, 9.17) is 9.84 Å². The third kappa shape index (κ3) is 6.00. The molecule has 0 aliphatic heterocycles. The van der Waals surface area contributed by atoms with Gasteiger partial charge in [-0.15, -0.1) is 13.2 Å². The second kappa shape index (κ2) is 7.64. The van der Waals surface area contributed by atoms with Crippen molar-refractivity contribution < 1.29 is 37.3 Å². The number of carbonyl (C=O) groups is 2. The van der Waals surface area contributed by atoms with Gasteiger partial charge in [0.05, 0.1) is 6.61 Å². The number of ether oxygens (including phenoxy) is 2. The van der Waals surface area contributed by atoms with Crippen LogP contribution in [0.5, 0.6) is 5.75 Å². The van der Waals surface area contributed by atoms with Crippen molar-refractivity contribution in [2.24, 2.45) is 0 Å². The van der Waals surface area contributed by atoms with Crippen molar-refractivity contribution >= 4 is 11.9 Å². The molecule has 6 nitrogen and oxygen atoms in total. The van der Waals surface area contributed by atoms with Gasteiger partial charge in [-0.1, -0.05) is 0 Å². The van der Waals surface area contributed by atoms with Crippen LogP contribution in [0.2, 0.25) is 0 Å². The van der Waals surface area contributed by atoms with Crippen LogP contribution < -0.4 is 4.74 Å². The van der Waals surface area contributed by atoms with Gasteiger partial charge in [0.1, 0.15) is 12.3 Å². The molecule has 1 aromatic rings. The molecule has 1 aromatic carbocycles. The molecule has 122 valence electrons. The first-order chi connectivity index (χ1) is 10.2. The van der Waals surface area contributed by atoms with Crippen LogP contribution in [0, 0.1) is 0 Å². The zero-order valence-electron chi connectivity index (χ0n) is 11.6. The highest BCUT2D eigenvalue weighted by atomic mass is 19.4. The van der Waals surface area contributed by atoms with E-state index in [-0.39, 0.29) is 18.7 Å². The Kier molecular flexibility index (Phi) is 6.17. The lowest BCUT2D eigenvalue weighted by Gasteiger charge is -2.20. The summed E-state index contributed by atoms with van der Waals surface area (Å²) >= 11 is 0. The summed E-state index contributed by atoms with van der Waals surface area (Å²) in [4.78, 5) is 23.9. The molecule has 9 heteroatoms. The van der Waals surface area contributed by atoms with E-state index in [1.807, 2.05) is 0 Å². The number of alkyl halides is 3. The Morgan fingerprint density at radius 2 is 1.82 bits per heavy atom. The molecule has 0 atom stereocenters. The number of rotatable bonds is 7. The van der Waals surface area contributed by atoms with Crippen molar-refractivity contribution in [3.8, 4) is 5.75 Å². The molecule has 1 N–H and O–H groups in total. The Bertz CT molecular complexity index is 515. The normalized spacial score (nSPS) is 11.1. The summed E-state index contributed by atoms with van der Waals surface area (Å²) in [7, 11) is 1.40. The van der Waals surface area contributed by atoms with Crippen LogP contribution in [0.3, 0.4) is 0 Å². The molecule has 0 fully saturated rings. The fourth-order valence-electron chi connectivity index (χ4n) is 1.60. The third-order valence-electron chi connectivity index (χ3n) is 2.51. The Balaban J connectivity index is 2.82. The van der Waals surface area contributed by atoms with Crippen LogP contribution in [-0.4, -0.2) is 55.1 Å². The van der Waals surface area contributed by atoms with Gasteiger partial charge >= 0.3 is 12.3 Å². The number of carboxylic acid groups (broad SMARTS) is 1. The van der Waals surface area contributed by atoms with Crippen LogP contribution >= 0.6 is 0 Å². The summed E-state index contributed by atoms with van der Waals surface area (Å²) in [5.41, 5.74) is 0.0480. The third-order valence-corrected chi connectivity index (χ3v) is 2.51. The van der Waals surface area contributed by atoms with E-state index < -0.39 is 30.5 Å². The molecular formula is C13H14F3NO5. The summed E-state index contributed by atoms with van der Waals surface area (Å²) in [6.45, 7) is -0.361. The number of nitrogens with zero attached hydrogens (tertiary/aromatic N) is 1. The van der Waals surface area contributed by atoms with Crippen LogP contribution in [0.15, 0.2) is 24.3 Å². The molecule has 0 radical (unpaired) electrons. The maximum Gasteiger partial charge on any atom is 0.573 e. The highest BCUT2D eigenvalue weighted by molar-refractivity contribution is 5.95. The van der Waals surface area contributed by atoms with E-state index in [1.165, 1.54) is 7.11 Å². The molecule has 0 aliphatic rings. The van der Waals surface area contributed by atoms with Crippen LogP contribution in [0.25, 0.3) is 0 Å². The summed E-state index contributed by atoms with van der Waals surface area (Å²) in [6.07, 6.45) is -4.82. The fraction of sp³-hybridized carbons (Fsp3) is 0.385. The highest BCUT2D eigenvalue weighted by Crippen LogP contribution is 2.23. The van der Waals surface area contributed by atoms with Crippen LogP contribution in [0.1, 0.15) is 10.4 Å². The van der Waals surface area contributed by atoms with Gasteiger partial charge in [-0.2, -0.15) is 0 Å². The molecule has 0 heterocycles. The number of halogens is 3. The molecule has 0 saturated carbocycles. The average molecular weight is 321 g/mol. The summed E-state index contributed by atoms with van der Waals surface area (Å²) in [5.74, 6) is -2.30. The number of carboxylic acids is 1. The van der Waals surface area contributed by atoms with E-state index in [9.17, 15) is 22.8 Å². The average Bonchev–Trinajstić information content (AvgIpc) is 2.41. The molecule has 0 unspecified atom stereocenters. The summed E-state index contributed by atoms with van der Waals surface area (Å²) in [6, 6.07) is 4.22. The number of methoxy groups -OCH3 is 1.